The fourth-order valence-corrected chi connectivity index (χ4v) is 5.48. The van der Waals surface area contributed by atoms with Gasteiger partial charge in [-0.25, -0.2) is 22.3 Å². The molecule has 0 radical (unpaired) electrons. The topological polar surface area (TPSA) is 106 Å². The summed E-state index contributed by atoms with van der Waals surface area (Å²) in [5, 5.41) is 3.26. The second-order valence-electron chi connectivity index (χ2n) is 6.73. The Morgan fingerprint density at radius 3 is 2.58 bits per heavy atom. The van der Waals surface area contributed by atoms with E-state index < -0.39 is 27.4 Å². The van der Waals surface area contributed by atoms with Crippen LogP contribution in [0.2, 0.25) is 4.34 Å². The third-order valence-corrected chi connectivity index (χ3v) is 7.67. The number of carbonyl (C=O) groups excluding carboxylic acids is 1. The van der Waals surface area contributed by atoms with Crippen LogP contribution in [-0.2, 0) is 10.0 Å². The lowest BCUT2D eigenvalue weighted by Crippen LogP contribution is -2.34. The highest BCUT2D eigenvalue weighted by atomic mass is 35.5. The minimum atomic E-state index is -4.13. The van der Waals surface area contributed by atoms with Gasteiger partial charge in [-0.2, -0.15) is 0 Å². The Balaban J connectivity index is 1.57. The molecular weight excluding hydrogens is 493 g/mol. The number of ether oxygens (including phenoxy) is 1. The van der Waals surface area contributed by atoms with Crippen molar-refractivity contribution in [1.29, 1.82) is 0 Å². The first-order valence-corrected chi connectivity index (χ1v) is 11.9. The molecule has 33 heavy (non-hydrogen) atoms. The van der Waals surface area contributed by atoms with E-state index in [9.17, 15) is 22.4 Å². The van der Waals surface area contributed by atoms with Gasteiger partial charge in [0, 0.05) is 17.3 Å². The number of halogens is 2. The predicted octanol–water partition coefficient (Wildman–Crippen LogP) is 4.36. The zero-order chi connectivity index (χ0) is 23.8. The molecule has 2 N–H and O–H groups in total. The molecule has 0 spiro atoms. The van der Waals surface area contributed by atoms with Crippen LogP contribution in [0, 0.1) is 5.82 Å². The number of methoxy groups -OCH3 is 1. The average Bonchev–Trinajstić information content (AvgIpc) is 3.21. The molecule has 2 aromatic carbocycles. The van der Waals surface area contributed by atoms with E-state index in [1.165, 1.54) is 37.6 Å². The van der Waals surface area contributed by atoms with Crippen LogP contribution in [0.1, 0.15) is 0 Å². The first kappa shape index (κ1) is 22.8. The van der Waals surface area contributed by atoms with Crippen LogP contribution in [-0.4, -0.2) is 26.1 Å². The van der Waals surface area contributed by atoms with Crippen LogP contribution < -0.4 is 20.3 Å². The van der Waals surface area contributed by atoms with Gasteiger partial charge < -0.3 is 10.1 Å². The number of hydrogen-bond donors (Lipinski definition) is 2. The molecule has 4 rings (SSSR count). The largest absolute Gasteiger partial charge is 0.497 e. The quantitative estimate of drug-likeness (QED) is 0.417. The molecule has 0 aliphatic heterocycles. The summed E-state index contributed by atoms with van der Waals surface area (Å²) in [6.07, 6.45) is 1.43. The number of urea groups is 1. The summed E-state index contributed by atoms with van der Waals surface area (Å²) in [4.78, 5) is 24.9. The number of carbonyl (C=O) groups is 1. The molecule has 0 saturated heterocycles. The van der Waals surface area contributed by atoms with E-state index in [0.29, 0.717) is 16.5 Å². The van der Waals surface area contributed by atoms with Crippen molar-refractivity contribution in [2.45, 2.75) is 4.21 Å². The monoisotopic (exact) mass is 507 g/mol. The molecule has 0 saturated carbocycles. The number of benzene rings is 2. The molecule has 12 heteroatoms. The summed E-state index contributed by atoms with van der Waals surface area (Å²) in [6.45, 7) is 0. The van der Waals surface area contributed by atoms with E-state index in [4.69, 9.17) is 16.3 Å². The van der Waals surface area contributed by atoms with E-state index in [2.05, 4.69) is 5.32 Å². The van der Waals surface area contributed by atoms with E-state index in [1.807, 2.05) is 4.72 Å². The molecule has 0 bridgehead atoms. The predicted molar refractivity (Wildman–Crippen MR) is 125 cm³/mol. The number of nitrogens with one attached hydrogen (secondary N) is 2. The Bertz CT molecular complexity index is 1550. The summed E-state index contributed by atoms with van der Waals surface area (Å²) in [6, 6.07) is 11.8. The normalized spacial score (nSPS) is 11.4. The van der Waals surface area contributed by atoms with Crippen molar-refractivity contribution in [3.63, 3.8) is 0 Å². The number of rotatable bonds is 5. The molecule has 0 unspecified atom stereocenters. The Kier molecular flexibility index (Phi) is 6.11. The van der Waals surface area contributed by atoms with Crippen molar-refractivity contribution in [2.75, 3.05) is 12.4 Å². The van der Waals surface area contributed by atoms with Crippen LogP contribution in [0.25, 0.3) is 16.5 Å². The van der Waals surface area contributed by atoms with Crippen LogP contribution in [0.3, 0.4) is 0 Å². The number of aromatic nitrogens is 1. The zero-order valence-electron chi connectivity index (χ0n) is 16.8. The van der Waals surface area contributed by atoms with Gasteiger partial charge in [0.15, 0.2) is 0 Å². The van der Waals surface area contributed by atoms with Crippen LogP contribution in [0.5, 0.6) is 5.75 Å². The highest BCUT2D eigenvalue weighted by Crippen LogP contribution is 2.25. The van der Waals surface area contributed by atoms with Gasteiger partial charge in [-0.3, -0.25) is 9.36 Å². The maximum Gasteiger partial charge on any atom is 0.333 e. The lowest BCUT2D eigenvalue weighted by molar-refractivity contribution is 0.256. The maximum absolute atomic E-state index is 14.8. The minimum Gasteiger partial charge on any atom is -0.497 e. The molecular formula is C21H15ClFN3O5S2. The number of fused-ring (bicyclic) bond motifs is 1. The Morgan fingerprint density at radius 2 is 1.91 bits per heavy atom. The van der Waals surface area contributed by atoms with Gasteiger partial charge in [-0.1, -0.05) is 11.6 Å². The van der Waals surface area contributed by atoms with Gasteiger partial charge in [0.2, 0.25) is 0 Å². The van der Waals surface area contributed by atoms with E-state index in [1.54, 1.807) is 24.3 Å². The van der Waals surface area contributed by atoms with E-state index in [-0.39, 0.29) is 19.9 Å². The van der Waals surface area contributed by atoms with Gasteiger partial charge in [0.25, 0.3) is 15.6 Å². The number of thiophene rings is 1. The highest BCUT2D eigenvalue weighted by molar-refractivity contribution is 7.92. The first-order valence-electron chi connectivity index (χ1n) is 9.26. The number of sulfonamides is 1. The summed E-state index contributed by atoms with van der Waals surface area (Å²) in [5.41, 5.74) is -0.482. The lowest BCUT2D eigenvalue weighted by atomic mass is 10.1. The smallest absolute Gasteiger partial charge is 0.333 e. The van der Waals surface area contributed by atoms with Gasteiger partial charge in [0.05, 0.1) is 17.1 Å². The van der Waals surface area contributed by atoms with Crippen molar-refractivity contribution in [3.05, 3.63) is 81.3 Å². The summed E-state index contributed by atoms with van der Waals surface area (Å²) in [5.74, 6) is -0.209. The van der Waals surface area contributed by atoms with Crippen LogP contribution in [0.4, 0.5) is 14.9 Å². The molecule has 0 fully saturated rings. The van der Waals surface area contributed by atoms with Gasteiger partial charge in [-0.15, -0.1) is 11.3 Å². The molecule has 0 aliphatic carbocycles. The number of pyridine rings is 1. The van der Waals surface area contributed by atoms with Crippen LogP contribution >= 0.6 is 22.9 Å². The fraction of sp³-hybridized carbons (Fsp3) is 0.0476. The van der Waals surface area contributed by atoms with Crippen LogP contribution in [0.15, 0.2) is 69.8 Å². The minimum absolute atomic E-state index is 0.00765. The zero-order valence-corrected chi connectivity index (χ0v) is 19.2. The van der Waals surface area contributed by atoms with Crippen molar-refractivity contribution < 1.29 is 22.3 Å². The van der Waals surface area contributed by atoms with Crippen molar-refractivity contribution in [2.24, 2.45) is 0 Å². The second kappa shape index (κ2) is 8.85. The molecule has 170 valence electrons. The Labute approximate surface area is 196 Å². The molecule has 2 aromatic heterocycles. The summed E-state index contributed by atoms with van der Waals surface area (Å²) >= 11 is 6.51. The SMILES string of the molecule is COc1ccc2c(=O)n(-c3ccc(NC(=O)NS(=O)(=O)c4ccc(Cl)s4)cc3F)ccc2c1. The van der Waals surface area contributed by atoms with E-state index >= 15 is 0 Å². The molecule has 4 aromatic rings. The summed E-state index contributed by atoms with van der Waals surface area (Å²) in [7, 11) is -2.61. The standard InChI is InChI=1S/C21H15ClFN3O5S2/c1-31-14-3-4-15-12(10-14)8-9-26(20(15)27)17-5-2-13(11-16(17)23)24-21(28)25-33(29,30)19-7-6-18(22)32-19/h2-11H,1H3,(H2,24,25,28). The third kappa shape index (κ3) is 4.70. The first-order chi connectivity index (χ1) is 15.7. The van der Waals surface area contributed by atoms with Crippen molar-refractivity contribution >= 4 is 55.5 Å². The second-order valence-corrected chi connectivity index (χ2v) is 10.4. The van der Waals surface area contributed by atoms with E-state index in [0.717, 1.165) is 22.0 Å². The van der Waals surface area contributed by atoms with Gasteiger partial charge in [-0.05, 0) is 60.0 Å². The van der Waals surface area contributed by atoms with Gasteiger partial charge >= 0.3 is 6.03 Å². The summed E-state index contributed by atoms with van der Waals surface area (Å²) < 4.78 is 47.4. The number of anilines is 1. The van der Waals surface area contributed by atoms with Crippen molar-refractivity contribution in [3.8, 4) is 11.4 Å². The fourth-order valence-electron chi connectivity index (χ4n) is 3.09. The number of amides is 2. The average molecular weight is 508 g/mol. The molecule has 2 heterocycles. The molecule has 8 nitrogen and oxygen atoms in total. The third-order valence-electron chi connectivity index (χ3n) is 4.62. The Morgan fingerprint density at radius 1 is 1.12 bits per heavy atom. The maximum atomic E-state index is 14.8. The Hall–Kier alpha value is -3.41. The highest BCUT2D eigenvalue weighted by Gasteiger charge is 2.20. The number of nitrogens with zero attached hydrogens (tertiary/aromatic N) is 1. The van der Waals surface area contributed by atoms with Gasteiger partial charge in [0.1, 0.15) is 15.8 Å². The molecule has 0 aliphatic rings. The lowest BCUT2D eigenvalue weighted by Gasteiger charge is -2.11. The molecule has 2 amide bonds. The number of hydrogen-bond acceptors (Lipinski definition) is 6. The van der Waals surface area contributed by atoms with Crippen molar-refractivity contribution in [1.82, 2.24) is 9.29 Å². The molecule has 0 atom stereocenters.